The Labute approximate surface area is 129 Å². The number of rotatable bonds is 5. The number of hydrogen-bond acceptors (Lipinski definition) is 2. The summed E-state index contributed by atoms with van der Waals surface area (Å²) in [6.07, 6.45) is 1.91. The summed E-state index contributed by atoms with van der Waals surface area (Å²) in [5.74, 6) is 1.72. The van der Waals surface area contributed by atoms with E-state index in [2.05, 4.69) is 41.9 Å². The maximum atomic E-state index is 6.00. The largest absolute Gasteiger partial charge is 0.457 e. The van der Waals surface area contributed by atoms with Gasteiger partial charge in [0.15, 0.2) is 0 Å². The number of ether oxygens (including phenoxy) is 1. The van der Waals surface area contributed by atoms with Crippen LogP contribution in [0.4, 0.5) is 0 Å². The Bertz CT molecular complexity index is 583. The normalized spacial score (nSPS) is 12.2. The molecule has 0 aliphatic carbocycles. The van der Waals surface area contributed by atoms with Gasteiger partial charge >= 0.3 is 0 Å². The van der Waals surface area contributed by atoms with E-state index in [0.717, 1.165) is 34.4 Å². The fraction of sp³-hybridized carbons (Fsp3) is 0.294. The van der Waals surface area contributed by atoms with Gasteiger partial charge in [-0.1, -0.05) is 41.1 Å². The second-order valence-corrected chi connectivity index (χ2v) is 5.95. The highest BCUT2D eigenvalue weighted by molar-refractivity contribution is 9.10. The van der Waals surface area contributed by atoms with Crippen molar-refractivity contribution in [1.82, 2.24) is 0 Å². The molecule has 0 aliphatic heterocycles. The van der Waals surface area contributed by atoms with Crippen LogP contribution in [-0.2, 0) is 6.42 Å². The van der Waals surface area contributed by atoms with Gasteiger partial charge in [-0.15, -0.1) is 0 Å². The predicted molar refractivity (Wildman–Crippen MR) is 87.4 cm³/mol. The van der Waals surface area contributed by atoms with Crippen LogP contribution in [0.2, 0.25) is 0 Å². The molecule has 2 rings (SSSR count). The molecule has 0 saturated carbocycles. The molecule has 2 aromatic carbocycles. The molecule has 0 spiro atoms. The van der Waals surface area contributed by atoms with Crippen LogP contribution in [-0.4, -0.2) is 6.04 Å². The van der Waals surface area contributed by atoms with Crippen LogP contribution in [0.3, 0.4) is 0 Å². The van der Waals surface area contributed by atoms with Crippen molar-refractivity contribution in [2.45, 2.75) is 32.7 Å². The van der Waals surface area contributed by atoms with Crippen LogP contribution >= 0.6 is 15.9 Å². The van der Waals surface area contributed by atoms with Gasteiger partial charge in [0, 0.05) is 10.5 Å². The molecular formula is C17H20BrNO. The van der Waals surface area contributed by atoms with Crippen LogP contribution in [0, 0.1) is 6.92 Å². The zero-order valence-electron chi connectivity index (χ0n) is 11.9. The van der Waals surface area contributed by atoms with Crippen molar-refractivity contribution in [3.63, 3.8) is 0 Å². The molecule has 0 saturated heterocycles. The minimum Gasteiger partial charge on any atom is -0.457 e. The smallest absolute Gasteiger partial charge is 0.130 e. The quantitative estimate of drug-likeness (QED) is 0.850. The Morgan fingerprint density at radius 2 is 2.00 bits per heavy atom. The molecule has 0 heterocycles. The van der Waals surface area contributed by atoms with Gasteiger partial charge in [0.1, 0.15) is 11.5 Å². The molecule has 0 bridgehead atoms. The summed E-state index contributed by atoms with van der Waals surface area (Å²) in [6, 6.07) is 14.3. The third kappa shape index (κ3) is 4.09. The highest BCUT2D eigenvalue weighted by atomic mass is 79.9. The Morgan fingerprint density at radius 3 is 2.65 bits per heavy atom. The zero-order chi connectivity index (χ0) is 14.5. The van der Waals surface area contributed by atoms with Crippen molar-refractivity contribution in [3.8, 4) is 11.5 Å². The Morgan fingerprint density at radius 1 is 1.20 bits per heavy atom. The van der Waals surface area contributed by atoms with Gasteiger partial charge in [0.2, 0.25) is 0 Å². The lowest BCUT2D eigenvalue weighted by Crippen LogP contribution is -2.21. The minimum atomic E-state index is 0.228. The molecule has 0 radical (unpaired) electrons. The molecule has 106 valence electrons. The van der Waals surface area contributed by atoms with E-state index in [4.69, 9.17) is 10.5 Å². The SMILES string of the molecule is CCC(N)Cc1ccc(Oc2cccc(Br)c2)c(C)c1. The first kappa shape index (κ1) is 15.1. The summed E-state index contributed by atoms with van der Waals surface area (Å²) in [5, 5.41) is 0. The van der Waals surface area contributed by atoms with Crippen molar-refractivity contribution >= 4 is 15.9 Å². The summed E-state index contributed by atoms with van der Waals surface area (Å²) in [7, 11) is 0. The molecule has 20 heavy (non-hydrogen) atoms. The second kappa shape index (κ2) is 6.91. The van der Waals surface area contributed by atoms with Crippen molar-refractivity contribution < 1.29 is 4.74 Å². The first-order valence-corrected chi connectivity index (χ1v) is 7.66. The standard InChI is InChI=1S/C17H20BrNO/c1-3-15(19)10-13-7-8-17(12(2)9-13)20-16-6-4-5-14(18)11-16/h4-9,11,15H,3,10,19H2,1-2H3. The molecule has 0 aliphatic rings. The van der Waals surface area contributed by atoms with E-state index in [1.54, 1.807) is 0 Å². The Kier molecular flexibility index (Phi) is 5.21. The molecule has 2 N–H and O–H groups in total. The average Bonchev–Trinajstić information content (AvgIpc) is 2.42. The van der Waals surface area contributed by atoms with Crippen LogP contribution < -0.4 is 10.5 Å². The van der Waals surface area contributed by atoms with E-state index >= 15 is 0 Å². The van der Waals surface area contributed by atoms with Crippen molar-refractivity contribution in [3.05, 3.63) is 58.1 Å². The van der Waals surface area contributed by atoms with E-state index in [1.807, 2.05) is 30.3 Å². The van der Waals surface area contributed by atoms with E-state index < -0.39 is 0 Å². The lowest BCUT2D eigenvalue weighted by Gasteiger charge is -2.13. The maximum Gasteiger partial charge on any atom is 0.130 e. The summed E-state index contributed by atoms with van der Waals surface area (Å²) < 4.78 is 6.93. The molecule has 0 aromatic heterocycles. The zero-order valence-corrected chi connectivity index (χ0v) is 13.5. The van der Waals surface area contributed by atoms with Gasteiger partial charge in [-0.2, -0.15) is 0 Å². The first-order chi connectivity index (χ1) is 9.58. The Hall–Kier alpha value is -1.32. The van der Waals surface area contributed by atoms with Gasteiger partial charge in [0.25, 0.3) is 0 Å². The number of aryl methyl sites for hydroxylation is 1. The lowest BCUT2D eigenvalue weighted by molar-refractivity contribution is 0.478. The third-order valence-corrected chi connectivity index (χ3v) is 3.78. The predicted octanol–water partition coefficient (Wildman–Crippen LogP) is 4.83. The van der Waals surface area contributed by atoms with Crippen LogP contribution in [0.5, 0.6) is 11.5 Å². The Balaban J connectivity index is 2.13. The van der Waals surface area contributed by atoms with Gasteiger partial charge in [0.05, 0.1) is 0 Å². The fourth-order valence-electron chi connectivity index (χ4n) is 2.06. The monoisotopic (exact) mass is 333 g/mol. The fourth-order valence-corrected chi connectivity index (χ4v) is 2.44. The summed E-state index contributed by atoms with van der Waals surface area (Å²) >= 11 is 3.45. The van der Waals surface area contributed by atoms with E-state index in [1.165, 1.54) is 5.56 Å². The summed E-state index contributed by atoms with van der Waals surface area (Å²) in [6.45, 7) is 4.18. The van der Waals surface area contributed by atoms with E-state index in [0.29, 0.717) is 0 Å². The summed E-state index contributed by atoms with van der Waals surface area (Å²) in [4.78, 5) is 0. The molecule has 2 aromatic rings. The molecule has 2 nitrogen and oxygen atoms in total. The van der Waals surface area contributed by atoms with Crippen molar-refractivity contribution in [2.75, 3.05) is 0 Å². The molecule has 1 unspecified atom stereocenters. The molecule has 0 fully saturated rings. The average molecular weight is 334 g/mol. The van der Waals surface area contributed by atoms with E-state index in [-0.39, 0.29) is 6.04 Å². The minimum absolute atomic E-state index is 0.228. The van der Waals surface area contributed by atoms with Gasteiger partial charge in [-0.3, -0.25) is 0 Å². The van der Waals surface area contributed by atoms with Crippen LogP contribution in [0.1, 0.15) is 24.5 Å². The lowest BCUT2D eigenvalue weighted by atomic mass is 10.0. The molecule has 1 atom stereocenters. The molecular weight excluding hydrogens is 314 g/mol. The topological polar surface area (TPSA) is 35.2 Å². The number of benzene rings is 2. The molecule has 0 amide bonds. The highest BCUT2D eigenvalue weighted by Gasteiger charge is 2.06. The van der Waals surface area contributed by atoms with Crippen LogP contribution in [0.25, 0.3) is 0 Å². The maximum absolute atomic E-state index is 6.00. The van der Waals surface area contributed by atoms with Gasteiger partial charge in [-0.05, 0) is 55.2 Å². The first-order valence-electron chi connectivity index (χ1n) is 6.87. The summed E-state index contributed by atoms with van der Waals surface area (Å²) in [5.41, 5.74) is 8.39. The van der Waals surface area contributed by atoms with Crippen molar-refractivity contribution in [1.29, 1.82) is 0 Å². The number of nitrogens with two attached hydrogens (primary N) is 1. The third-order valence-electron chi connectivity index (χ3n) is 3.29. The number of halogens is 1. The number of hydrogen-bond donors (Lipinski definition) is 1. The van der Waals surface area contributed by atoms with E-state index in [9.17, 15) is 0 Å². The van der Waals surface area contributed by atoms with Gasteiger partial charge in [-0.25, -0.2) is 0 Å². The molecule has 3 heteroatoms. The van der Waals surface area contributed by atoms with Gasteiger partial charge < -0.3 is 10.5 Å². The second-order valence-electron chi connectivity index (χ2n) is 5.03. The van der Waals surface area contributed by atoms with Crippen LogP contribution in [0.15, 0.2) is 46.9 Å². The van der Waals surface area contributed by atoms with Crippen molar-refractivity contribution in [2.24, 2.45) is 5.73 Å². The highest BCUT2D eigenvalue weighted by Crippen LogP contribution is 2.27.